The molecule has 1 unspecified atom stereocenters. The molecule has 1 aliphatic rings. The number of nitrogens with one attached hydrogen (secondary N) is 1. The van der Waals surface area contributed by atoms with Gasteiger partial charge in [-0.2, -0.15) is 5.10 Å². The first-order chi connectivity index (χ1) is 17.8. The van der Waals surface area contributed by atoms with Crippen molar-refractivity contribution < 1.29 is 24.3 Å². The van der Waals surface area contributed by atoms with Crippen LogP contribution in [0.3, 0.4) is 0 Å². The van der Waals surface area contributed by atoms with Crippen LogP contribution in [0.25, 0.3) is 10.2 Å². The lowest BCUT2D eigenvalue weighted by Gasteiger charge is -2.30. The van der Waals surface area contributed by atoms with E-state index in [0.717, 1.165) is 20.9 Å². The Morgan fingerprint density at radius 3 is 2.32 bits per heavy atom. The number of rotatable bonds is 4. The maximum atomic E-state index is 13.8. The van der Waals surface area contributed by atoms with Gasteiger partial charge in [0.25, 0.3) is 11.8 Å². The number of phenols is 1. The topological polar surface area (TPSA) is 129 Å². The molecular formula is C27H20N4O5S. The molecule has 0 bridgehead atoms. The Morgan fingerprint density at radius 2 is 1.62 bits per heavy atom. The van der Waals surface area contributed by atoms with E-state index < -0.39 is 29.4 Å². The molecule has 1 atom stereocenters. The van der Waals surface area contributed by atoms with E-state index >= 15 is 0 Å². The number of piperidine rings is 1. The van der Waals surface area contributed by atoms with Crippen LogP contribution in [0.15, 0.2) is 71.8 Å². The fraction of sp³-hybridized carbons (Fsp3) is 0.111. The molecule has 3 amide bonds. The molecule has 184 valence electrons. The predicted octanol–water partition coefficient (Wildman–Crippen LogP) is 3.63. The summed E-state index contributed by atoms with van der Waals surface area (Å²) < 4.78 is 0.764. The third-order valence-corrected chi connectivity index (χ3v) is 7.12. The normalized spacial score (nSPS) is 17.0. The van der Waals surface area contributed by atoms with Crippen molar-refractivity contribution in [1.82, 2.24) is 10.4 Å². The highest BCUT2D eigenvalue weighted by atomic mass is 32.1. The first-order valence-electron chi connectivity index (χ1n) is 11.3. The number of aromatic nitrogens is 1. The highest BCUT2D eigenvalue weighted by molar-refractivity contribution is 7.19. The third kappa shape index (κ3) is 4.17. The molecule has 4 aromatic rings. The van der Waals surface area contributed by atoms with Crippen LogP contribution < -0.4 is 10.3 Å². The lowest BCUT2D eigenvalue weighted by molar-refractivity contribution is -0.139. The van der Waals surface area contributed by atoms with Crippen LogP contribution in [0.4, 0.5) is 5.69 Å². The quantitative estimate of drug-likeness (QED) is 0.244. The van der Waals surface area contributed by atoms with E-state index in [9.17, 15) is 24.3 Å². The molecular weight excluding hydrogens is 492 g/mol. The van der Waals surface area contributed by atoms with Gasteiger partial charge >= 0.3 is 5.91 Å². The SMILES string of the molecule is Cc1cccc(C)c1N1C(=O)C(=O)C(c2nc3ccccc3s2)/C(=N\NC(=O)c2ccccc2O)C1=O. The van der Waals surface area contributed by atoms with Crippen LogP contribution in [-0.2, 0) is 14.4 Å². The maximum Gasteiger partial charge on any atom is 0.302 e. The molecule has 2 N–H and O–H groups in total. The van der Waals surface area contributed by atoms with Crippen molar-refractivity contribution in [3.05, 3.63) is 88.4 Å². The monoisotopic (exact) mass is 512 g/mol. The van der Waals surface area contributed by atoms with Gasteiger partial charge in [-0.25, -0.2) is 15.3 Å². The number of fused-ring (bicyclic) bond motifs is 1. The smallest absolute Gasteiger partial charge is 0.302 e. The summed E-state index contributed by atoms with van der Waals surface area (Å²) in [4.78, 5) is 58.7. The number of imide groups is 1. The van der Waals surface area contributed by atoms with Crippen LogP contribution in [0.1, 0.15) is 32.4 Å². The highest BCUT2D eigenvalue weighted by Crippen LogP contribution is 2.35. The summed E-state index contributed by atoms with van der Waals surface area (Å²) in [6.45, 7) is 3.45. The number of carbonyl (C=O) groups excluding carboxylic acids is 4. The van der Waals surface area contributed by atoms with Gasteiger partial charge < -0.3 is 5.11 Å². The number of nitrogens with zero attached hydrogens (tertiary/aromatic N) is 3. The number of anilines is 1. The average Bonchev–Trinajstić information content (AvgIpc) is 3.31. The number of hydrazone groups is 1. The van der Waals surface area contributed by atoms with Gasteiger partial charge in [-0.3, -0.25) is 19.2 Å². The summed E-state index contributed by atoms with van der Waals surface area (Å²) in [5.74, 6) is -5.20. The largest absolute Gasteiger partial charge is 0.507 e. The summed E-state index contributed by atoms with van der Waals surface area (Å²) in [6, 6.07) is 18.2. The Balaban J connectivity index is 1.63. The van der Waals surface area contributed by atoms with Gasteiger partial charge in [-0.15, -0.1) is 11.3 Å². The molecule has 37 heavy (non-hydrogen) atoms. The van der Waals surface area contributed by atoms with Gasteiger partial charge in [-0.05, 0) is 49.2 Å². The summed E-state index contributed by atoms with van der Waals surface area (Å²) in [5, 5.41) is 14.3. The molecule has 9 nitrogen and oxygen atoms in total. The Hall–Kier alpha value is -4.70. The number of amides is 3. The minimum atomic E-state index is -1.40. The zero-order valence-corrected chi connectivity index (χ0v) is 20.6. The van der Waals surface area contributed by atoms with Crippen molar-refractivity contribution in [2.75, 3.05) is 4.90 Å². The van der Waals surface area contributed by atoms with E-state index in [4.69, 9.17) is 0 Å². The molecule has 1 fully saturated rings. The number of benzene rings is 3. The summed E-state index contributed by atoms with van der Waals surface area (Å²) in [7, 11) is 0. The van der Waals surface area contributed by atoms with Crippen LogP contribution in [0.2, 0.25) is 0 Å². The van der Waals surface area contributed by atoms with Crippen LogP contribution in [0, 0.1) is 13.8 Å². The van der Waals surface area contributed by atoms with E-state index in [-0.39, 0.29) is 27.7 Å². The van der Waals surface area contributed by atoms with Gasteiger partial charge in [-0.1, -0.05) is 42.5 Å². The predicted molar refractivity (Wildman–Crippen MR) is 139 cm³/mol. The van der Waals surface area contributed by atoms with Gasteiger partial charge in [0.2, 0.25) is 5.78 Å². The number of Topliss-reactive ketones (excluding diaryl/α,β-unsaturated/α-hetero) is 1. The lowest BCUT2D eigenvalue weighted by atomic mass is 9.91. The van der Waals surface area contributed by atoms with Gasteiger partial charge in [0.15, 0.2) is 0 Å². The molecule has 3 aromatic carbocycles. The zero-order valence-electron chi connectivity index (χ0n) is 19.8. The van der Waals surface area contributed by atoms with E-state index in [1.807, 2.05) is 12.1 Å². The molecule has 0 saturated carbocycles. The number of aromatic hydroxyl groups is 1. The van der Waals surface area contributed by atoms with Gasteiger partial charge in [0.05, 0.1) is 21.5 Å². The number of carbonyl (C=O) groups is 4. The van der Waals surface area contributed by atoms with E-state index in [1.54, 1.807) is 56.3 Å². The third-order valence-electron chi connectivity index (χ3n) is 6.02. The van der Waals surface area contributed by atoms with Crippen molar-refractivity contribution in [2.24, 2.45) is 5.10 Å². The van der Waals surface area contributed by atoms with Gasteiger partial charge in [0.1, 0.15) is 22.4 Å². The molecule has 2 heterocycles. The molecule has 0 aliphatic carbocycles. The minimum Gasteiger partial charge on any atom is -0.507 e. The fourth-order valence-electron chi connectivity index (χ4n) is 4.24. The lowest BCUT2D eigenvalue weighted by Crippen LogP contribution is -2.55. The van der Waals surface area contributed by atoms with Crippen LogP contribution >= 0.6 is 11.3 Å². The molecule has 1 aliphatic heterocycles. The average molecular weight is 513 g/mol. The van der Waals surface area contributed by atoms with Crippen molar-refractivity contribution >= 4 is 56.5 Å². The summed E-state index contributed by atoms with van der Waals surface area (Å²) in [6.07, 6.45) is 0. The Morgan fingerprint density at radius 1 is 0.946 bits per heavy atom. The van der Waals surface area contributed by atoms with Gasteiger partial charge in [0, 0.05) is 0 Å². The second-order valence-electron chi connectivity index (χ2n) is 8.46. The molecule has 0 spiro atoms. The van der Waals surface area contributed by atoms with Crippen molar-refractivity contribution in [2.45, 2.75) is 19.8 Å². The number of aryl methyl sites for hydroxylation is 2. The number of thiazole rings is 1. The van der Waals surface area contributed by atoms with E-state index in [0.29, 0.717) is 16.6 Å². The summed E-state index contributed by atoms with van der Waals surface area (Å²) >= 11 is 1.16. The molecule has 10 heteroatoms. The number of para-hydroxylation sites is 3. The zero-order chi connectivity index (χ0) is 26.3. The standard InChI is InChI=1S/C27H20N4O5S/c1-14-8-7-9-15(2)22(14)31-26(35)21(29-30-24(34)16-10-3-5-12-18(16)32)20(23(33)27(31)36)25-28-17-11-4-6-13-19(17)37-25/h3-13,20,32H,1-2H3,(H,30,34)/b29-21+. The van der Waals surface area contributed by atoms with Crippen LogP contribution in [-0.4, -0.2) is 39.3 Å². The van der Waals surface area contributed by atoms with E-state index in [2.05, 4.69) is 15.5 Å². The Kier molecular flexibility index (Phi) is 6.10. The number of phenolic OH excluding ortho intramolecular Hbond substituents is 1. The molecule has 1 aromatic heterocycles. The van der Waals surface area contributed by atoms with Crippen molar-refractivity contribution in [3.63, 3.8) is 0 Å². The summed E-state index contributed by atoms with van der Waals surface area (Å²) in [5.41, 5.74) is 3.96. The molecule has 1 saturated heterocycles. The molecule has 0 radical (unpaired) electrons. The maximum absolute atomic E-state index is 13.8. The van der Waals surface area contributed by atoms with Crippen molar-refractivity contribution in [1.29, 1.82) is 0 Å². The van der Waals surface area contributed by atoms with Crippen molar-refractivity contribution in [3.8, 4) is 5.75 Å². The number of ketones is 1. The second-order valence-corrected chi connectivity index (χ2v) is 9.52. The van der Waals surface area contributed by atoms with Crippen LogP contribution in [0.5, 0.6) is 5.75 Å². The van der Waals surface area contributed by atoms with E-state index in [1.165, 1.54) is 12.1 Å². The number of hydrogen-bond donors (Lipinski definition) is 2. The minimum absolute atomic E-state index is 0.0688. The first-order valence-corrected chi connectivity index (χ1v) is 12.1. The molecule has 5 rings (SSSR count). The second kappa shape index (κ2) is 9.40. The number of hydrogen-bond acceptors (Lipinski definition) is 8. The fourth-order valence-corrected chi connectivity index (χ4v) is 5.31. The first kappa shape index (κ1) is 24.0. The Labute approximate surface area is 215 Å². The highest BCUT2D eigenvalue weighted by Gasteiger charge is 2.49. The Bertz CT molecular complexity index is 1590.